The Hall–Kier alpha value is -2.46. The third-order valence-corrected chi connectivity index (χ3v) is 4.88. The second-order valence-electron chi connectivity index (χ2n) is 5.22. The van der Waals surface area contributed by atoms with Crippen molar-refractivity contribution in [3.05, 3.63) is 50.0 Å². The minimum Gasteiger partial charge on any atom is -0.476 e. The predicted octanol–water partition coefficient (Wildman–Crippen LogP) is 3.18. The summed E-state index contributed by atoms with van der Waals surface area (Å²) in [5, 5.41) is 24.5. The molecule has 0 aliphatic rings. The standard InChI is InChI=1S/C15H15N3O5S2/c1-8(2)25-12-4-3-9(18(22)23)5-10(12)14(19)16-6-13-17-11(7-24-13)15(20)21/h3-5,7-8H,6H2,1-2H3,(H,16,19)(H,20,21). The molecule has 1 aromatic heterocycles. The topological polar surface area (TPSA) is 122 Å². The second kappa shape index (κ2) is 8.08. The number of non-ortho nitro benzene ring substituents is 1. The molecule has 0 saturated carbocycles. The predicted molar refractivity (Wildman–Crippen MR) is 94.3 cm³/mol. The first-order valence-electron chi connectivity index (χ1n) is 7.19. The molecule has 132 valence electrons. The average molecular weight is 381 g/mol. The van der Waals surface area contributed by atoms with Crippen molar-refractivity contribution in [1.82, 2.24) is 10.3 Å². The number of thioether (sulfide) groups is 1. The Labute approximate surface area is 151 Å². The van der Waals surface area contributed by atoms with E-state index in [-0.39, 0.29) is 28.7 Å². The molecule has 0 atom stereocenters. The van der Waals surface area contributed by atoms with Crippen molar-refractivity contribution < 1.29 is 19.6 Å². The van der Waals surface area contributed by atoms with Crippen LogP contribution in [-0.2, 0) is 6.54 Å². The minimum atomic E-state index is -1.14. The first-order valence-corrected chi connectivity index (χ1v) is 8.95. The van der Waals surface area contributed by atoms with Gasteiger partial charge in [-0.05, 0) is 6.07 Å². The number of nitrogens with one attached hydrogen (secondary N) is 1. The molecule has 2 rings (SSSR count). The number of hydrogen-bond donors (Lipinski definition) is 2. The Morgan fingerprint density at radius 3 is 2.72 bits per heavy atom. The largest absolute Gasteiger partial charge is 0.476 e. The fourth-order valence-electron chi connectivity index (χ4n) is 1.91. The van der Waals surface area contributed by atoms with Gasteiger partial charge in [0.15, 0.2) is 5.69 Å². The lowest BCUT2D eigenvalue weighted by atomic mass is 10.2. The Balaban J connectivity index is 2.19. The molecule has 0 spiro atoms. The lowest BCUT2D eigenvalue weighted by Crippen LogP contribution is -2.23. The Morgan fingerprint density at radius 2 is 2.16 bits per heavy atom. The van der Waals surface area contributed by atoms with Gasteiger partial charge in [-0.1, -0.05) is 13.8 Å². The monoisotopic (exact) mass is 381 g/mol. The molecule has 1 aromatic carbocycles. The summed E-state index contributed by atoms with van der Waals surface area (Å²) < 4.78 is 0. The maximum Gasteiger partial charge on any atom is 0.355 e. The van der Waals surface area contributed by atoms with Crippen LogP contribution in [0.3, 0.4) is 0 Å². The number of nitro groups is 1. The maximum absolute atomic E-state index is 12.4. The van der Waals surface area contributed by atoms with E-state index in [2.05, 4.69) is 10.3 Å². The summed E-state index contributed by atoms with van der Waals surface area (Å²) in [6.45, 7) is 3.96. The van der Waals surface area contributed by atoms with E-state index in [4.69, 9.17) is 5.11 Å². The molecule has 0 saturated heterocycles. The minimum absolute atomic E-state index is 0.0469. The summed E-state index contributed by atoms with van der Waals surface area (Å²) in [5.74, 6) is -1.61. The highest BCUT2D eigenvalue weighted by Crippen LogP contribution is 2.29. The number of thiazole rings is 1. The quantitative estimate of drug-likeness (QED) is 0.429. The number of carbonyl (C=O) groups is 2. The van der Waals surface area contributed by atoms with E-state index in [1.165, 1.54) is 29.3 Å². The SMILES string of the molecule is CC(C)Sc1ccc([N+](=O)[O-])cc1C(=O)NCc1nc(C(=O)O)cs1. The van der Waals surface area contributed by atoms with Crippen molar-refractivity contribution in [2.45, 2.75) is 30.5 Å². The van der Waals surface area contributed by atoms with Gasteiger partial charge in [0.25, 0.3) is 11.6 Å². The van der Waals surface area contributed by atoms with Crippen molar-refractivity contribution in [2.24, 2.45) is 0 Å². The summed E-state index contributed by atoms with van der Waals surface area (Å²) in [5.41, 5.74) is -0.0377. The number of benzene rings is 1. The molecule has 8 nitrogen and oxygen atoms in total. The lowest BCUT2D eigenvalue weighted by Gasteiger charge is -2.11. The first kappa shape index (κ1) is 18.9. The van der Waals surface area contributed by atoms with Gasteiger partial charge in [-0.25, -0.2) is 9.78 Å². The molecule has 0 aliphatic carbocycles. The molecule has 0 bridgehead atoms. The number of nitro benzene ring substituents is 1. The van der Waals surface area contributed by atoms with Gasteiger partial charge >= 0.3 is 5.97 Å². The number of carbonyl (C=O) groups excluding carboxylic acids is 1. The molecular weight excluding hydrogens is 366 g/mol. The van der Waals surface area contributed by atoms with Gasteiger partial charge in [0.2, 0.25) is 0 Å². The highest BCUT2D eigenvalue weighted by atomic mass is 32.2. The van der Waals surface area contributed by atoms with Crippen molar-refractivity contribution in [3.63, 3.8) is 0 Å². The van der Waals surface area contributed by atoms with Crippen LogP contribution in [0.25, 0.3) is 0 Å². The van der Waals surface area contributed by atoms with Crippen molar-refractivity contribution in [3.8, 4) is 0 Å². The molecule has 0 radical (unpaired) electrons. The van der Waals surface area contributed by atoms with Gasteiger partial charge in [-0.2, -0.15) is 0 Å². The smallest absolute Gasteiger partial charge is 0.355 e. The van der Waals surface area contributed by atoms with E-state index in [9.17, 15) is 19.7 Å². The van der Waals surface area contributed by atoms with Crippen LogP contribution in [-0.4, -0.2) is 32.1 Å². The van der Waals surface area contributed by atoms with Crippen LogP contribution in [0, 0.1) is 10.1 Å². The number of aromatic nitrogens is 1. The van der Waals surface area contributed by atoms with Crippen molar-refractivity contribution in [2.75, 3.05) is 0 Å². The van der Waals surface area contributed by atoms with Crippen LogP contribution in [0.2, 0.25) is 0 Å². The Morgan fingerprint density at radius 1 is 1.44 bits per heavy atom. The number of carboxylic acids is 1. The van der Waals surface area contributed by atoms with Gasteiger partial charge in [0.05, 0.1) is 17.0 Å². The maximum atomic E-state index is 12.4. The molecule has 2 aromatic rings. The third kappa shape index (κ3) is 5.00. The summed E-state index contributed by atoms with van der Waals surface area (Å²) in [6, 6.07) is 4.16. The van der Waals surface area contributed by atoms with Crippen LogP contribution >= 0.6 is 23.1 Å². The molecular formula is C15H15N3O5S2. The first-order chi connectivity index (χ1) is 11.8. The van der Waals surface area contributed by atoms with Crippen LogP contribution in [0.15, 0.2) is 28.5 Å². The van der Waals surface area contributed by atoms with Crippen LogP contribution in [0.5, 0.6) is 0 Å². The van der Waals surface area contributed by atoms with E-state index in [1.807, 2.05) is 13.8 Å². The fraction of sp³-hybridized carbons (Fsp3) is 0.267. The van der Waals surface area contributed by atoms with E-state index in [1.54, 1.807) is 6.07 Å². The molecule has 2 N–H and O–H groups in total. The van der Waals surface area contributed by atoms with Crippen LogP contribution in [0.1, 0.15) is 39.7 Å². The van der Waals surface area contributed by atoms with Crippen molar-refractivity contribution >= 4 is 40.7 Å². The molecule has 0 unspecified atom stereocenters. The molecule has 1 amide bonds. The Kier molecular flexibility index (Phi) is 6.10. The number of amides is 1. The van der Waals surface area contributed by atoms with Gasteiger partial charge < -0.3 is 10.4 Å². The number of rotatable bonds is 7. The van der Waals surface area contributed by atoms with E-state index in [0.717, 1.165) is 11.3 Å². The second-order valence-corrected chi connectivity index (χ2v) is 7.78. The lowest BCUT2D eigenvalue weighted by molar-refractivity contribution is -0.384. The fourth-order valence-corrected chi connectivity index (χ4v) is 3.55. The summed E-state index contributed by atoms with van der Waals surface area (Å²) in [4.78, 5) is 38.2. The summed E-state index contributed by atoms with van der Waals surface area (Å²) in [6.07, 6.45) is 0. The zero-order valence-corrected chi connectivity index (χ0v) is 15.0. The normalized spacial score (nSPS) is 10.7. The number of carboxylic acid groups (broad SMARTS) is 1. The van der Waals surface area contributed by atoms with E-state index < -0.39 is 16.8 Å². The molecule has 0 aliphatic heterocycles. The highest BCUT2D eigenvalue weighted by Gasteiger charge is 2.18. The zero-order chi connectivity index (χ0) is 18.6. The van der Waals surface area contributed by atoms with Crippen LogP contribution < -0.4 is 5.32 Å². The van der Waals surface area contributed by atoms with Gasteiger partial charge in [-0.15, -0.1) is 23.1 Å². The number of nitrogens with zero attached hydrogens (tertiary/aromatic N) is 2. The third-order valence-electron chi connectivity index (χ3n) is 2.95. The highest BCUT2D eigenvalue weighted by molar-refractivity contribution is 8.00. The van der Waals surface area contributed by atoms with E-state index >= 15 is 0 Å². The van der Waals surface area contributed by atoms with Gasteiger partial charge in [0, 0.05) is 27.7 Å². The van der Waals surface area contributed by atoms with Gasteiger partial charge in [-0.3, -0.25) is 14.9 Å². The number of aromatic carboxylic acids is 1. The van der Waals surface area contributed by atoms with Crippen LogP contribution in [0.4, 0.5) is 5.69 Å². The molecule has 1 heterocycles. The molecule has 10 heteroatoms. The molecule has 0 fully saturated rings. The van der Waals surface area contributed by atoms with Crippen molar-refractivity contribution in [1.29, 1.82) is 0 Å². The molecule has 25 heavy (non-hydrogen) atoms. The number of hydrogen-bond acceptors (Lipinski definition) is 7. The van der Waals surface area contributed by atoms with E-state index in [0.29, 0.717) is 9.90 Å². The Bertz CT molecular complexity index is 819. The summed E-state index contributed by atoms with van der Waals surface area (Å²) >= 11 is 2.55. The van der Waals surface area contributed by atoms with Gasteiger partial charge in [0.1, 0.15) is 5.01 Å². The average Bonchev–Trinajstić information content (AvgIpc) is 3.01. The summed E-state index contributed by atoms with van der Waals surface area (Å²) in [7, 11) is 0. The zero-order valence-electron chi connectivity index (χ0n) is 13.4.